The Bertz CT molecular complexity index is 747. The number of nitrogens with zero attached hydrogens (tertiary/aromatic N) is 2. The summed E-state index contributed by atoms with van der Waals surface area (Å²) in [5, 5.41) is 14.0. The summed E-state index contributed by atoms with van der Waals surface area (Å²) < 4.78 is 5.19. The molecule has 0 atom stereocenters. The summed E-state index contributed by atoms with van der Waals surface area (Å²) in [6.45, 7) is 2.19. The Morgan fingerprint density at radius 1 is 1.31 bits per heavy atom. The molecule has 7 heteroatoms. The molecule has 26 heavy (non-hydrogen) atoms. The van der Waals surface area contributed by atoms with Crippen LogP contribution in [0.15, 0.2) is 27.0 Å². The fourth-order valence-electron chi connectivity index (χ4n) is 3.51. The second-order valence-corrected chi connectivity index (χ2v) is 7.03. The van der Waals surface area contributed by atoms with Crippen molar-refractivity contribution in [1.82, 2.24) is 10.6 Å². The monoisotopic (exact) mass is 356 g/mol. The van der Waals surface area contributed by atoms with Gasteiger partial charge in [0.1, 0.15) is 11.3 Å². The summed E-state index contributed by atoms with van der Waals surface area (Å²) >= 11 is 0. The number of terminal acetylenes is 1. The van der Waals surface area contributed by atoms with Crippen molar-refractivity contribution in [3.63, 3.8) is 0 Å². The summed E-state index contributed by atoms with van der Waals surface area (Å²) in [5.41, 5.74) is -0.808. The zero-order valence-electron chi connectivity index (χ0n) is 15.0. The molecule has 7 nitrogen and oxygen atoms in total. The molecule has 3 rings (SSSR count). The lowest BCUT2D eigenvalue weighted by atomic mass is 9.95. The zero-order valence-corrected chi connectivity index (χ0v) is 15.0. The second kappa shape index (κ2) is 7.32. The first-order valence-electron chi connectivity index (χ1n) is 9.03. The highest BCUT2D eigenvalue weighted by molar-refractivity contribution is 6.00. The van der Waals surface area contributed by atoms with E-state index in [1.54, 1.807) is 13.0 Å². The molecule has 2 N–H and O–H groups in total. The van der Waals surface area contributed by atoms with Crippen LogP contribution in [-0.2, 0) is 4.79 Å². The third-order valence-corrected chi connectivity index (χ3v) is 5.21. The van der Waals surface area contributed by atoms with Gasteiger partial charge in [-0.3, -0.25) is 9.59 Å². The van der Waals surface area contributed by atoms with Crippen molar-refractivity contribution in [2.24, 2.45) is 10.2 Å². The number of hydrogen-bond acceptors (Lipinski definition) is 5. The number of carbonyl (C=O) groups is 2. The maximum absolute atomic E-state index is 12.8. The van der Waals surface area contributed by atoms with Crippen molar-refractivity contribution in [1.29, 1.82) is 0 Å². The van der Waals surface area contributed by atoms with Gasteiger partial charge in [-0.25, -0.2) is 0 Å². The van der Waals surface area contributed by atoms with Crippen LogP contribution in [0.25, 0.3) is 0 Å². The molecule has 0 bridgehead atoms. The van der Waals surface area contributed by atoms with Crippen LogP contribution in [0.4, 0.5) is 0 Å². The van der Waals surface area contributed by atoms with E-state index < -0.39 is 11.2 Å². The second-order valence-electron chi connectivity index (χ2n) is 7.03. The summed E-state index contributed by atoms with van der Waals surface area (Å²) in [6.07, 6.45) is 11.8. The molecule has 1 aliphatic heterocycles. The van der Waals surface area contributed by atoms with E-state index in [1.807, 2.05) is 0 Å². The number of hydrogen-bond donors (Lipinski definition) is 2. The Morgan fingerprint density at radius 3 is 2.62 bits per heavy atom. The standard InChI is InChI=1S/C19H24N4O3/c1-3-4-10-19(22-23-19)11-12-20-17(25)18(8-5-6-9-18)21-16(24)15-7-13-26-14(15)2/h1,7,13H,4-6,8-12H2,2H3,(H,20,25)(H,21,24). The smallest absolute Gasteiger partial charge is 0.255 e. The van der Waals surface area contributed by atoms with Crippen LogP contribution < -0.4 is 10.6 Å². The number of amides is 2. The Balaban J connectivity index is 1.57. The Morgan fingerprint density at radius 2 is 2.04 bits per heavy atom. The summed E-state index contributed by atoms with van der Waals surface area (Å²) in [7, 11) is 0. The van der Waals surface area contributed by atoms with Crippen LogP contribution in [0, 0.1) is 19.3 Å². The SMILES string of the molecule is C#CCCC1(CCNC(=O)C2(NC(=O)c3ccoc3C)CCCC2)N=N1. The maximum Gasteiger partial charge on any atom is 0.255 e. The molecule has 1 fully saturated rings. The molecule has 0 unspecified atom stereocenters. The topological polar surface area (TPSA) is 96.1 Å². The highest BCUT2D eigenvalue weighted by Gasteiger charge is 2.44. The van der Waals surface area contributed by atoms with Crippen LogP contribution >= 0.6 is 0 Å². The minimum Gasteiger partial charge on any atom is -0.469 e. The lowest BCUT2D eigenvalue weighted by Crippen LogP contribution is -2.57. The van der Waals surface area contributed by atoms with Gasteiger partial charge in [-0.2, -0.15) is 10.2 Å². The number of aryl methyl sites for hydroxylation is 1. The van der Waals surface area contributed by atoms with Gasteiger partial charge in [0.05, 0.1) is 11.8 Å². The van der Waals surface area contributed by atoms with E-state index in [0.29, 0.717) is 50.0 Å². The van der Waals surface area contributed by atoms with Gasteiger partial charge < -0.3 is 15.1 Å². The molecule has 1 aromatic heterocycles. The van der Waals surface area contributed by atoms with Crippen molar-refractivity contribution in [2.75, 3.05) is 6.54 Å². The number of nitrogens with one attached hydrogen (secondary N) is 2. The van der Waals surface area contributed by atoms with Crippen molar-refractivity contribution in [3.05, 3.63) is 23.7 Å². The molecule has 0 aromatic carbocycles. The van der Waals surface area contributed by atoms with Gasteiger partial charge in [-0.05, 0) is 25.8 Å². The maximum atomic E-state index is 12.8. The Labute approximate surface area is 153 Å². The van der Waals surface area contributed by atoms with E-state index in [2.05, 4.69) is 26.8 Å². The first-order valence-corrected chi connectivity index (χ1v) is 9.03. The first-order chi connectivity index (χ1) is 12.5. The van der Waals surface area contributed by atoms with Crippen LogP contribution in [0.1, 0.15) is 61.1 Å². The molecule has 1 aliphatic carbocycles. The van der Waals surface area contributed by atoms with E-state index in [4.69, 9.17) is 10.8 Å². The normalized spacial score (nSPS) is 18.9. The molecule has 2 heterocycles. The third-order valence-electron chi connectivity index (χ3n) is 5.21. The predicted octanol–water partition coefficient (Wildman–Crippen LogP) is 2.71. The van der Waals surface area contributed by atoms with Crippen LogP contribution in [-0.4, -0.2) is 29.6 Å². The quantitative estimate of drug-likeness (QED) is 0.701. The fourth-order valence-corrected chi connectivity index (χ4v) is 3.51. The van der Waals surface area contributed by atoms with Crippen LogP contribution in [0.2, 0.25) is 0 Å². The van der Waals surface area contributed by atoms with Gasteiger partial charge in [0.2, 0.25) is 5.91 Å². The van der Waals surface area contributed by atoms with E-state index in [9.17, 15) is 9.59 Å². The Hall–Kier alpha value is -2.62. The molecule has 1 saturated carbocycles. The van der Waals surface area contributed by atoms with E-state index in [1.165, 1.54) is 6.26 Å². The van der Waals surface area contributed by atoms with Gasteiger partial charge in [0.15, 0.2) is 5.66 Å². The number of carbonyl (C=O) groups excluding carboxylic acids is 2. The fraction of sp³-hybridized carbons (Fsp3) is 0.579. The molecule has 0 saturated heterocycles. The predicted molar refractivity (Wildman–Crippen MR) is 95.4 cm³/mol. The average molecular weight is 356 g/mol. The molecular formula is C19H24N4O3. The Kier molecular flexibility index (Phi) is 5.12. The molecular weight excluding hydrogens is 332 g/mol. The molecule has 138 valence electrons. The lowest BCUT2D eigenvalue weighted by Gasteiger charge is -2.29. The molecule has 2 aliphatic rings. The summed E-state index contributed by atoms with van der Waals surface area (Å²) in [4.78, 5) is 25.4. The summed E-state index contributed by atoms with van der Waals surface area (Å²) in [6, 6.07) is 1.62. The molecule has 0 spiro atoms. The van der Waals surface area contributed by atoms with Crippen LogP contribution in [0.5, 0.6) is 0 Å². The minimum absolute atomic E-state index is 0.141. The van der Waals surface area contributed by atoms with E-state index in [0.717, 1.165) is 12.8 Å². The molecule has 1 aromatic rings. The first kappa shape index (κ1) is 18.2. The number of rotatable bonds is 8. The molecule has 2 amide bonds. The van der Waals surface area contributed by atoms with Crippen molar-refractivity contribution in [3.8, 4) is 12.3 Å². The van der Waals surface area contributed by atoms with Gasteiger partial charge in [-0.15, -0.1) is 12.3 Å². The largest absolute Gasteiger partial charge is 0.469 e. The average Bonchev–Trinajstić information content (AvgIpc) is 3.01. The molecule has 0 radical (unpaired) electrons. The minimum atomic E-state index is -0.857. The zero-order chi connectivity index (χ0) is 18.6. The van der Waals surface area contributed by atoms with Crippen LogP contribution in [0.3, 0.4) is 0 Å². The lowest BCUT2D eigenvalue weighted by molar-refractivity contribution is -0.127. The van der Waals surface area contributed by atoms with Gasteiger partial charge in [0.25, 0.3) is 5.91 Å². The van der Waals surface area contributed by atoms with Gasteiger partial charge >= 0.3 is 0 Å². The van der Waals surface area contributed by atoms with Gasteiger partial charge in [-0.1, -0.05) is 12.8 Å². The van der Waals surface area contributed by atoms with E-state index >= 15 is 0 Å². The van der Waals surface area contributed by atoms with Crippen molar-refractivity contribution < 1.29 is 14.0 Å². The van der Waals surface area contributed by atoms with Crippen molar-refractivity contribution in [2.45, 2.75) is 63.1 Å². The summed E-state index contributed by atoms with van der Waals surface area (Å²) in [5.74, 6) is 2.72. The third kappa shape index (κ3) is 3.79. The van der Waals surface area contributed by atoms with E-state index in [-0.39, 0.29) is 11.8 Å². The highest BCUT2D eigenvalue weighted by Crippen LogP contribution is 2.36. The highest BCUT2D eigenvalue weighted by atomic mass is 16.3. The number of furan rings is 1. The van der Waals surface area contributed by atoms with Gasteiger partial charge in [0, 0.05) is 25.8 Å². The van der Waals surface area contributed by atoms with Crippen molar-refractivity contribution >= 4 is 11.8 Å².